The summed E-state index contributed by atoms with van der Waals surface area (Å²) in [5, 5.41) is 13.8. The number of amides is 2. The summed E-state index contributed by atoms with van der Waals surface area (Å²) in [4.78, 5) is 27.0. The molecule has 2 aromatic carbocycles. The highest BCUT2D eigenvalue weighted by Crippen LogP contribution is 2.15. The van der Waals surface area contributed by atoms with Crippen LogP contribution in [0, 0.1) is 0 Å². The largest absolute Gasteiger partial charge is 0.379 e. The number of benzene rings is 2. The summed E-state index contributed by atoms with van der Waals surface area (Å²) in [6.45, 7) is 1.47. The normalized spacial score (nSPS) is 11.5. The minimum absolute atomic E-state index is 0.0110. The van der Waals surface area contributed by atoms with Gasteiger partial charge in [-0.15, -0.1) is 0 Å². The first-order chi connectivity index (χ1) is 20.0. The zero-order valence-corrected chi connectivity index (χ0v) is 24.4. The zero-order chi connectivity index (χ0) is 30.8. The molecule has 0 aliphatic carbocycles. The van der Waals surface area contributed by atoms with Crippen molar-refractivity contribution >= 4 is 32.0 Å². The highest BCUT2D eigenvalue weighted by Gasteiger charge is 2.17. The third kappa shape index (κ3) is 12.9. The Labute approximate surface area is 244 Å². The number of carbonyl (C=O) groups is 2. The van der Waals surface area contributed by atoms with Gasteiger partial charge in [-0.3, -0.25) is 13.8 Å². The number of rotatable bonds is 20. The molecule has 0 aliphatic heterocycles. The summed E-state index contributed by atoms with van der Waals surface area (Å²) in [5.41, 5.74) is 8.62. The molecule has 0 bridgehead atoms. The number of nitrogens with zero attached hydrogens (tertiary/aromatic N) is 3. The van der Waals surface area contributed by atoms with Crippen molar-refractivity contribution in [3.8, 4) is 0 Å². The van der Waals surface area contributed by atoms with Crippen LogP contribution in [0.1, 0.15) is 40.0 Å². The third-order valence-electron chi connectivity index (χ3n) is 5.49. The van der Waals surface area contributed by atoms with E-state index in [9.17, 15) is 26.4 Å². The van der Waals surface area contributed by atoms with Crippen LogP contribution in [0.15, 0.2) is 63.4 Å². The Balaban J connectivity index is 1.64. The SMILES string of the molecule is [N-]=[N+]=NCCOCCOCCOS(=O)(=O)c1cccc(C(=O)NCCCCCNC(=O)c2ccc(S(N)(=O)=O)cc2)c1. The van der Waals surface area contributed by atoms with Crippen molar-refractivity contribution in [3.63, 3.8) is 0 Å². The molecule has 0 aromatic heterocycles. The summed E-state index contributed by atoms with van der Waals surface area (Å²) < 4.78 is 62.9. The predicted octanol–water partition coefficient (Wildman–Crippen LogP) is 1.71. The zero-order valence-electron chi connectivity index (χ0n) is 22.8. The Morgan fingerprint density at radius 3 is 2.00 bits per heavy atom. The van der Waals surface area contributed by atoms with Crippen molar-refractivity contribution in [2.24, 2.45) is 10.3 Å². The van der Waals surface area contributed by atoms with E-state index in [4.69, 9.17) is 24.3 Å². The molecule has 2 amide bonds. The highest BCUT2D eigenvalue weighted by molar-refractivity contribution is 7.89. The summed E-state index contributed by atoms with van der Waals surface area (Å²) in [5.74, 6) is -0.785. The summed E-state index contributed by atoms with van der Waals surface area (Å²) >= 11 is 0. The molecule has 4 N–H and O–H groups in total. The van der Waals surface area contributed by atoms with Crippen molar-refractivity contribution in [3.05, 3.63) is 70.1 Å². The number of sulfonamides is 1. The molecule has 15 nitrogen and oxygen atoms in total. The molecule has 0 saturated heterocycles. The Morgan fingerprint density at radius 1 is 0.786 bits per heavy atom. The third-order valence-corrected chi connectivity index (χ3v) is 7.73. The second kappa shape index (κ2) is 18.1. The maximum absolute atomic E-state index is 12.5. The lowest BCUT2D eigenvalue weighted by molar-refractivity contribution is 0.0396. The first kappa shape index (κ1) is 34.6. The standard InChI is InChI=1S/C25H34N6O9S2/c26-31-30-13-14-38-15-16-39-17-18-40-42(36,37)23-6-4-5-21(19-23)25(33)29-12-3-1-2-11-28-24(32)20-7-9-22(10-8-20)41(27,34)35/h4-10,19H,1-3,11-18H2,(H,28,32)(H,29,33)(H2,27,34,35). The lowest BCUT2D eigenvalue weighted by atomic mass is 10.2. The first-order valence-corrected chi connectivity index (χ1v) is 15.8. The quantitative estimate of drug-likeness (QED) is 0.0637. The summed E-state index contributed by atoms with van der Waals surface area (Å²) in [7, 11) is -7.93. The number of azide groups is 1. The van der Waals surface area contributed by atoms with Crippen LogP contribution >= 0.6 is 0 Å². The lowest BCUT2D eigenvalue weighted by Crippen LogP contribution is -2.26. The fourth-order valence-corrected chi connectivity index (χ4v) is 4.82. The van der Waals surface area contributed by atoms with Crippen LogP contribution < -0.4 is 15.8 Å². The van der Waals surface area contributed by atoms with Gasteiger partial charge in [0.2, 0.25) is 10.0 Å². The number of nitrogens with one attached hydrogen (secondary N) is 2. The average molecular weight is 627 g/mol. The lowest BCUT2D eigenvalue weighted by Gasteiger charge is -2.09. The van der Waals surface area contributed by atoms with Crippen molar-refractivity contribution in [2.75, 3.05) is 52.7 Å². The number of primary sulfonamides is 1. The number of carbonyl (C=O) groups excluding carboxylic acids is 2. The van der Waals surface area contributed by atoms with E-state index in [1.807, 2.05) is 0 Å². The van der Waals surface area contributed by atoms with Crippen LogP contribution in [-0.2, 0) is 33.8 Å². The second-order valence-corrected chi connectivity index (χ2v) is 11.8. The Kier molecular flexibility index (Phi) is 14.9. The molecule has 0 heterocycles. The van der Waals surface area contributed by atoms with Crippen molar-refractivity contribution in [1.29, 1.82) is 0 Å². The van der Waals surface area contributed by atoms with Gasteiger partial charge in [0.05, 0.1) is 42.8 Å². The molecule has 0 fully saturated rings. The molecule has 0 aliphatic rings. The Hall–Kier alpha value is -3.57. The van der Waals surface area contributed by atoms with E-state index in [2.05, 4.69) is 20.7 Å². The smallest absolute Gasteiger partial charge is 0.297 e. The van der Waals surface area contributed by atoms with Gasteiger partial charge in [-0.2, -0.15) is 8.42 Å². The van der Waals surface area contributed by atoms with Gasteiger partial charge < -0.3 is 20.1 Å². The Bertz CT molecular complexity index is 1430. The number of nitrogens with two attached hydrogens (primary N) is 1. The molecular weight excluding hydrogens is 592 g/mol. The number of hydrogen-bond donors (Lipinski definition) is 3. The second-order valence-electron chi connectivity index (χ2n) is 8.62. The van der Waals surface area contributed by atoms with E-state index in [1.165, 1.54) is 48.5 Å². The topological polar surface area (TPSA) is 229 Å². The van der Waals surface area contributed by atoms with Gasteiger partial charge >= 0.3 is 0 Å². The summed E-state index contributed by atoms with van der Waals surface area (Å²) in [6.07, 6.45) is 1.98. The van der Waals surface area contributed by atoms with Gasteiger partial charge in [-0.1, -0.05) is 11.2 Å². The Morgan fingerprint density at radius 2 is 1.38 bits per heavy atom. The van der Waals surface area contributed by atoms with Gasteiger partial charge in [0.25, 0.3) is 21.9 Å². The van der Waals surface area contributed by atoms with Gasteiger partial charge in [-0.05, 0) is 67.3 Å². The molecule has 0 radical (unpaired) electrons. The number of hydrogen-bond acceptors (Lipinski definition) is 10. The van der Waals surface area contributed by atoms with E-state index < -0.39 is 26.0 Å². The van der Waals surface area contributed by atoms with Gasteiger partial charge in [0.1, 0.15) is 0 Å². The maximum Gasteiger partial charge on any atom is 0.297 e. The van der Waals surface area contributed by atoms with Crippen LogP contribution in [0.4, 0.5) is 0 Å². The first-order valence-electron chi connectivity index (χ1n) is 12.9. The minimum atomic E-state index is -4.10. The van der Waals surface area contributed by atoms with Gasteiger partial charge in [0.15, 0.2) is 0 Å². The molecule has 2 rings (SSSR count). The number of ether oxygens (including phenoxy) is 2. The van der Waals surface area contributed by atoms with E-state index in [1.54, 1.807) is 0 Å². The van der Waals surface area contributed by atoms with Crippen molar-refractivity contribution in [1.82, 2.24) is 10.6 Å². The molecule has 17 heteroatoms. The fraction of sp³-hybridized carbons (Fsp3) is 0.440. The molecule has 230 valence electrons. The summed E-state index contributed by atoms with van der Waals surface area (Å²) in [6, 6.07) is 10.8. The van der Waals surface area contributed by atoms with E-state index in [0.29, 0.717) is 37.9 Å². The van der Waals surface area contributed by atoms with E-state index in [0.717, 1.165) is 0 Å². The predicted molar refractivity (Wildman–Crippen MR) is 152 cm³/mol. The molecule has 0 atom stereocenters. The average Bonchev–Trinajstić information content (AvgIpc) is 2.97. The molecule has 2 aromatic rings. The monoisotopic (exact) mass is 626 g/mol. The molecule has 42 heavy (non-hydrogen) atoms. The van der Waals surface area contributed by atoms with E-state index in [-0.39, 0.29) is 60.8 Å². The van der Waals surface area contributed by atoms with Crippen molar-refractivity contribution < 1.29 is 40.1 Å². The molecule has 0 unspecified atom stereocenters. The molecular formula is C25H34N6O9S2. The molecule has 0 saturated carbocycles. The van der Waals surface area contributed by atoms with Crippen LogP contribution in [-0.4, -0.2) is 81.3 Å². The van der Waals surface area contributed by atoms with Gasteiger partial charge in [-0.25, -0.2) is 13.6 Å². The van der Waals surface area contributed by atoms with Crippen LogP contribution in [0.25, 0.3) is 10.4 Å². The van der Waals surface area contributed by atoms with Crippen LogP contribution in [0.5, 0.6) is 0 Å². The fourth-order valence-electron chi connectivity index (χ4n) is 3.37. The van der Waals surface area contributed by atoms with E-state index >= 15 is 0 Å². The van der Waals surface area contributed by atoms with Crippen molar-refractivity contribution in [2.45, 2.75) is 29.1 Å². The minimum Gasteiger partial charge on any atom is -0.379 e. The number of unbranched alkanes of at least 4 members (excludes halogenated alkanes) is 2. The van der Waals surface area contributed by atoms with Crippen LogP contribution in [0.2, 0.25) is 0 Å². The van der Waals surface area contributed by atoms with Gasteiger partial charge in [0, 0.05) is 35.7 Å². The van der Waals surface area contributed by atoms with Crippen LogP contribution in [0.3, 0.4) is 0 Å². The highest BCUT2D eigenvalue weighted by atomic mass is 32.2. The molecule has 0 spiro atoms. The maximum atomic E-state index is 12.5.